The van der Waals surface area contributed by atoms with Gasteiger partial charge >= 0.3 is 0 Å². The first kappa shape index (κ1) is 6.79. The fraction of sp³-hybridized carbons (Fsp3) is 0.750. The first-order valence-electron chi connectivity index (χ1n) is 1.90. The topological polar surface area (TPSA) is 0 Å². The molecule has 1 radical (unpaired) electrons. The van der Waals surface area contributed by atoms with Crippen molar-refractivity contribution in [2.45, 2.75) is 19.3 Å². The molecule has 0 aromatic rings. The zero-order valence-electron chi connectivity index (χ0n) is 3.87. The Morgan fingerprint density at radius 3 is 1.86 bits per heavy atom. The molecule has 0 saturated heterocycles. The van der Waals surface area contributed by atoms with Gasteiger partial charge in [0.05, 0.1) is 0 Å². The lowest BCUT2D eigenvalue weighted by atomic mass is 10.3. The summed E-state index contributed by atoms with van der Waals surface area (Å²) < 4.78 is 33.8. The van der Waals surface area contributed by atoms with Crippen molar-refractivity contribution >= 4 is 0 Å². The van der Waals surface area contributed by atoms with E-state index in [1.165, 1.54) is 0 Å². The van der Waals surface area contributed by atoms with E-state index >= 15 is 0 Å². The molecular formula is C4H6F3. The highest BCUT2D eigenvalue weighted by atomic mass is 19.2. The Balaban J connectivity index is 3.14. The van der Waals surface area contributed by atoms with Crippen LogP contribution in [0.4, 0.5) is 13.2 Å². The molecular weight excluding hydrogens is 105 g/mol. The van der Waals surface area contributed by atoms with Gasteiger partial charge in [0.25, 0.3) is 0 Å². The maximum Gasteiger partial charge on any atom is 0.168 e. The van der Waals surface area contributed by atoms with Crippen LogP contribution in [0.5, 0.6) is 0 Å². The lowest BCUT2D eigenvalue weighted by Crippen LogP contribution is -2.10. The van der Waals surface area contributed by atoms with E-state index in [9.17, 15) is 13.2 Å². The predicted molar refractivity (Wildman–Crippen MR) is 20.9 cm³/mol. The van der Waals surface area contributed by atoms with Crippen molar-refractivity contribution in [3.05, 3.63) is 6.67 Å². The molecule has 43 valence electrons. The summed E-state index contributed by atoms with van der Waals surface area (Å²) in [4.78, 5) is 0. The Labute approximate surface area is 40.3 Å². The van der Waals surface area contributed by atoms with Crippen LogP contribution in [0, 0.1) is 6.67 Å². The van der Waals surface area contributed by atoms with Crippen molar-refractivity contribution in [2.24, 2.45) is 0 Å². The Bertz CT molecular complexity index is 44.2. The molecule has 0 rings (SSSR count). The molecule has 2 unspecified atom stereocenters. The van der Waals surface area contributed by atoms with Crippen molar-refractivity contribution in [3.63, 3.8) is 0 Å². The van der Waals surface area contributed by atoms with Gasteiger partial charge in [-0.05, 0) is 6.92 Å². The van der Waals surface area contributed by atoms with Crippen molar-refractivity contribution in [1.82, 2.24) is 0 Å². The monoisotopic (exact) mass is 111 g/mol. The van der Waals surface area contributed by atoms with Crippen molar-refractivity contribution in [2.75, 3.05) is 0 Å². The van der Waals surface area contributed by atoms with Crippen LogP contribution in [0.25, 0.3) is 0 Å². The van der Waals surface area contributed by atoms with Crippen LogP contribution in [0.2, 0.25) is 0 Å². The van der Waals surface area contributed by atoms with Crippen LogP contribution in [0.1, 0.15) is 6.92 Å². The molecule has 3 heteroatoms. The summed E-state index contributed by atoms with van der Waals surface area (Å²) in [6, 6.07) is 0. The van der Waals surface area contributed by atoms with E-state index in [1.807, 2.05) is 0 Å². The number of hydrogen-bond acceptors (Lipinski definition) is 0. The highest BCUT2D eigenvalue weighted by Crippen LogP contribution is 2.05. The van der Waals surface area contributed by atoms with Crippen molar-refractivity contribution < 1.29 is 13.2 Å². The molecule has 0 nitrogen and oxygen atoms in total. The zero-order chi connectivity index (χ0) is 5.86. The first-order valence-corrected chi connectivity index (χ1v) is 1.90. The van der Waals surface area contributed by atoms with E-state index < -0.39 is 12.3 Å². The van der Waals surface area contributed by atoms with Crippen LogP contribution >= 0.6 is 0 Å². The number of alkyl halides is 2. The number of halogens is 3. The summed E-state index contributed by atoms with van der Waals surface area (Å²) in [5.74, 6) is 0. The maximum absolute atomic E-state index is 11.4. The Kier molecular flexibility index (Phi) is 2.79. The van der Waals surface area contributed by atoms with Gasteiger partial charge in [0, 0.05) is 0 Å². The molecule has 0 fully saturated rings. The SMILES string of the molecule is CC(F)C(F)[CH]F. The fourth-order valence-electron chi connectivity index (χ4n) is 0.100. The van der Waals surface area contributed by atoms with E-state index in [0.29, 0.717) is 0 Å². The zero-order valence-corrected chi connectivity index (χ0v) is 3.87. The molecule has 0 N–H and O–H groups in total. The van der Waals surface area contributed by atoms with Gasteiger partial charge in [0.15, 0.2) is 12.8 Å². The molecule has 0 amide bonds. The average Bonchev–Trinajstić information content (AvgIpc) is 1.65. The summed E-state index contributed by atoms with van der Waals surface area (Å²) >= 11 is 0. The molecule has 0 aromatic carbocycles. The second-order valence-corrected chi connectivity index (χ2v) is 1.25. The van der Waals surface area contributed by atoms with Gasteiger partial charge in [0.2, 0.25) is 0 Å². The van der Waals surface area contributed by atoms with Crippen molar-refractivity contribution in [1.29, 1.82) is 0 Å². The van der Waals surface area contributed by atoms with E-state index in [2.05, 4.69) is 0 Å². The molecule has 2 atom stereocenters. The third-order valence-electron chi connectivity index (χ3n) is 0.559. The predicted octanol–water partition coefficient (Wildman–Crippen LogP) is 1.81. The molecule has 0 aromatic heterocycles. The first-order chi connectivity index (χ1) is 3.18. The van der Waals surface area contributed by atoms with E-state index in [0.717, 1.165) is 6.92 Å². The minimum absolute atomic E-state index is 0.301. The van der Waals surface area contributed by atoms with E-state index in [1.54, 1.807) is 0 Å². The summed E-state index contributed by atoms with van der Waals surface area (Å²) in [6.07, 6.45) is -3.79. The second kappa shape index (κ2) is 2.88. The normalized spacial score (nSPS) is 18.9. The largest absolute Gasteiger partial charge is 0.244 e. The molecule has 0 aliphatic carbocycles. The third-order valence-corrected chi connectivity index (χ3v) is 0.559. The smallest absolute Gasteiger partial charge is 0.168 e. The van der Waals surface area contributed by atoms with Gasteiger partial charge in [-0.15, -0.1) is 0 Å². The van der Waals surface area contributed by atoms with Crippen LogP contribution < -0.4 is 0 Å². The van der Waals surface area contributed by atoms with Crippen LogP contribution in [0.3, 0.4) is 0 Å². The average molecular weight is 111 g/mol. The van der Waals surface area contributed by atoms with Gasteiger partial charge < -0.3 is 0 Å². The van der Waals surface area contributed by atoms with E-state index in [4.69, 9.17) is 0 Å². The molecule has 7 heavy (non-hydrogen) atoms. The Morgan fingerprint density at radius 2 is 1.86 bits per heavy atom. The Morgan fingerprint density at radius 1 is 1.43 bits per heavy atom. The quantitative estimate of drug-likeness (QED) is 0.509. The summed E-state index contributed by atoms with van der Waals surface area (Å²) in [5, 5.41) is 0. The molecule has 0 aliphatic rings. The summed E-state index contributed by atoms with van der Waals surface area (Å²) in [7, 11) is 0. The fourth-order valence-corrected chi connectivity index (χ4v) is 0.100. The van der Waals surface area contributed by atoms with Gasteiger partial charge in [-0.3, -0.25) is 0 Å². The third kappa shape index (κ3) is 2.48. The number of hydrogen-bond donors (Lipinski definition) is 0. The van der Waals surface area contributed by atoms with Crippen LogP contribution in [0.15, 0.2) is 0 Å². The standard InChI is InChI=1S/C4H6F3/c1-3(6)4(7)2-5/h2-4H,1H3. The molecule has 0 aliphatic heterocycles. The van der Waals surface area contributed by atoms with Gasteiger partial charge in [-0.25, -0.2) is 13.2 Å². The van der Waals surface area contributed by atoms with Gasteiger partial charge in [-0.1, -0.05) is 0 Å². The van der Waals surface area contributed by atoms with Crippen LogP contribution in [-0.2, 0) is 0 Å². The number of rotatable bonds is 2. The lowest BCUT2D eigenvalue weighted by molar-refractivity contribution is 0.183. The maximum atomic E-state index is 11.4. The molecule has 0 heterocycles. The highest BCUT2D eigenvalue weighted by Gasteiger charge is 2.13. The molecule has 0 bridgehead atoms. The highest BCUT2D eigenvalue weighted by molar-refractivity contribution is 4.69. The minimum atomic E-state index is -2.06. The Hall–Kier alpha value is -0.210. The second-order valence-electron chi connectivity index (χ2n) is 1.25. The minimum Gasteiger partial charge on any atom is -0.244 e. The lowest BCUT2D eigenvalue weighted by Gasteiger charge is -1.99. The van der Waals surface area contributed by atoms with Gasteiger partial charge in [0.1, 0.15) is 6.17 Å². The summed E-state index contributed by atoms with van der Waals surface area (Å²) in [5.41, 5.74) is 0. The van der Waals surface area contributed by atoms with Gasteiger partial charge in [-0.2, -0.15) is 0 Å². The van der Waals surface area contributed by atoms with E-state index in [-0.39, 0.29) is 6.67 Å². The molecule has 0 saturated carbocycles. The van der Waals surface area contributed by atoms with Crippen LogP contribution in [-0.4, -0.2) is 12.3 Å². The molecule has 0 spiro atoms. The summed E-state index contributed by atoms with van der Waals surface area (Å²) in [6.45, 7) is 0.658. The van der Waals surface area contributed by atoms with Crippen molar-refractivity contribution in [3.8, 4) is 0 Å².